The fourth-order valence-electron chi connectivity index (χ4n) is 1.70. The molecule has 0 amide bonds. The van der Waals surface area contributed by atoms with Gasteiger partial charge in [0, 0.05) is 11.5 Å². The molecule has 0 heterocycles. The Balaban J connectivity index is 2.02. The lowest BCUT2D eigenvalue weighted by molar-refractivity contribution is 0.516. The molecule has 0 N–H and O–H groups in total. The summed E-state index contributed by atoms with van der Waals surface area (Å²) in [6.07, 6.45) is 5.86. The Morgan fingerprint density at radius 3 is 2.46 bits per heavy atom. The summed E-state index contributed by atoms with van der Waals surface area (Å²) in [5.41, 5.74) is 0. The predicted octanol–water partition coefficient (Wildman–Crippen LogP) is 4.11. The quantitative estimate of drug-likeness (QED) is 0.681. The van der Waals surface area contributed by atoms with Crippen LogP contribution in [-0.2, 0) is 0 Å². The molecule has 0 aliphatic heterocycles. The SMILES string of the molecule is [2H]C1(Sc2ccccc2)CCCCC1. The molecule has 1 aromatic carbocycles. The van der Waals surface area contributed by atoms with Gasteiger partial charge in [-0.05, 0) is 25.0 Å². The Kier molecular flexibility index (Phi) is 2.87. The molecule has 2 rings (SSSR count). The normalized spacial score (nSPS) is 22.3. The standard InChI is InChI=1S/C12H16S/c1-3-7-11(8-4-1)13-12-9-5-2-6-10-12/h1,3-4,7-8,12H,2,5-6,9-10H2/i12D. The molecule has 0 bridgehead atoms. The van der Waals surface area contributed by atoms with Gasteiger partial charge in [0.05, 0.1) is 0 Å². The average Bonchev–Trinajstić information content (AvgIpc) is 2.19. The Morgan fingerprint density at radius 2 is 1.77 bits per heavy atom. The van der Waals surface area contributed by atoms with E-state index in [0.717, 1.165) is 12.8 Å². The van der Waals surface area contributed by atoms with Crippen molar-refractivity contribution in [2.75, 3.05) is 0 Å². The van der Waals surface area contributed by atoms with Crippen molar-refractivity contribution in [2.24, 2.45) is 0 Å². The van der Waals surface area contributed by atoms with Gasteiger partial charge in [-0.25, -0.2) is 0 Å². The first-order valence-electron chi connectivity index (χ1n) is 5.53. The monoisotopic (exact) mass is 193 g/mol. The lowest BCUT2D eigenvalue weighted by atomic mass is 10.0. The Hall–Kier alpha value is -0.430. The molecule has 0 nitrogen and oxygen atoms in total. The van der Waals surface area contributed by atoms with Crippen LogP contribution in [-0.4, -0.2) is 5.23 Å². The van der Waals surface area contributed by atoms with Crippen molar-refractivity contribution in [3.05, 3.63) is 30.3 Å². The molecule has 0 atom stereocenters. The van der Waals surface area contributed by atoms with Crippen LogP contribution in [0.25, 0.3) is 0 Å². The molecular formula is C12H16S. The van der Waals surface area contributed by atoms with E-state index in [1.165, 1.54) is 24.2 Å². The van der Waals surface area contributed by atoms with Crippen molar-refractivity contribution in [1.29, 1.82) is 0 Å². The average molecular weight is 193 g/mol. The largest absolute Gasteiger partial charge is 0.123 e. The van der Waals surface area contributed by atoms with Crippen molar-refractivity contribution in [3.63, 3.8) is 0 Å². The minimum Gasteiger partial charge on any atom is -0.123 e. The summed E-state index contributed by atoms with van der Waals surface area (Å²) in [6.45, 7) is 0. The Labute approximate surface area is 86.1 Å². The summed E-state index contributed by atoms with van der Waals surface area (Å²) in [7, 11) is 0. The van der Waals surface area contributed by atoms with Gasteiger partial charge in [0.25, 0.3) is 0 Å². The summed E-state index contributed by atoms with van der Waals surface area (Å²) >= 11 is 1.73. The van der Waals surface area contributed by atoms with Crippen molar-refractivity contribution in [1.82, 2.24) is 0 Å². The third kappa shape index (κ3) is 2.77. The second-order valence-electron chi connectivity index (χ2n) is 3.51. The first-order chi connectivity index (χ1) is 6.79. The zero-order valence-corrected chi connectivity index (χ0v) is 8.65. The fraction of sp³-hybridized carbons (Fsp3) is 0.500. The highest BCUT2D eigenvalue weighted by Gasteiger charge is 2.13. The first kappa shape index (κ1) is 7.93. The smallest absolute Gasteiger partial charge is 0.0420 e. The topological polar surface area (TPSA) is 0 Å². The van der Waals surface area contributed by atoms with E-state index >= 15 is 0 Å². The van der Waals surface area contributed by atoms with Crippen molar-refractivity contribution < 1.29 is 1.37 Å². The second kappa shape index (κ2) is 4.71. The Bertz CT molecular complexity index is 278. The molecule has 0 aromatic heterocycles. The molecular weight excluding hydrogens is 176 g/mol. The fourth-order valence-corrected chi connectivity index (χ4v) is 2.82. The Morgan fingerprint density at radius 1 is 1.08 bits per heavy atom. The van der Waals surface area contributed by atoms with Crippen LogP contribution in [0.1, 0.15) is 33.5 Å². The van der Waals surface area contributed by atoms with Crippen LogP contribution in [0.5, 0.6) is 0 Å². The molecule has 1 aromatic rings. The molecule has 13 heavy (non-hydrogen) atoms. The minimum atomic E-state index is -0.250. The van der Waals surface area contributed by atoms with Crippen molar-refractivity contribution >= 4 is 11.8 Å². The second-order valence-corrected chi connectivity index (χ2v) is 4.77. The number of benzene rings is 1. The minimum absolute atomic E-state index is 0.250. The van der Waals surface area contributed by atoms with E-state index in [9.17, 15) is 0 Å². The van der Waals surface area contributed by atoms with E-state index in [0.29, 0.717) is 0 Å². The van der Waals surface area contributed by atoms with Gasteiger partial charge in [-0.1, -0.05) is 37.5 Å². The molecule has 1 fully saturated rings. The summed E-state index contributed by atoms with van der Waals surface area (Å²) in [5, 5.41) is -0.250. The van der Waals surface area contributed by atoms with E-state index in [1.54, 1.807) is 11.8 Å². The van der Waals surface area contributed by atoms with E-state index in [4.69, 9.17) is 1.37 Å². The van der Waals surface area contributed by atoms with Crippen LogP contribution in [0.2, 0.25) is 0 Å². The number of rotatable bonds is 2. The zero-order chi connectivity index (χ0) is 9.86. The zero-order valence-electron chi connectivity index (χ0n) is 8.83. The third-order valence-corrected chi connectivity index (χ3v) is 3.62. The van der Waals surface area contributed by atoms with Gasteiger partial charge in [-0.3, -0.25) is 0 Å². The van der Waals surface area contributed by atoms with Gasteiger partial charge in [-0.2, -0.15) is 0 Å². The molecule has 1 aliphatic rings. The first-order valence-corrected chi connectivity index (χ1v) is 5.84. The van der Waals surface area contributed by atoms with Gasteiger partial charge < -0.3 is 0 Å². The molecule has 70 valence electrons. The third-order valence-electron chi connectivity index (χ3n) is 2.42. The van der Waals surface area contributed by atoms with Crippen LogP contribution >= 0.6 is 11.8 Å². The molecule has 0 unspecified atom stereocenters. The van der Waals surface area contributed by atoms with Crippen LogP contribution in [0.3, 0.4) is 0 Å². The van der Waals surface area contributed by atoms with E-state index in [2.05, 4.69) is 24.3 Å². The summed E-state index contributed by atoms with van der Waals surface area (Å²) in [5.74, 6) is 0. The van der Waals surface area contributed by atoms with Crippen LogP contribution in [0.4, 0.5) is 0 Å². The number of hydrogen-bond donors (Lipinski definition) is 0. The van der Waals surface area contributed by atoms with E-state index in [-0.39, 0.29) is 5.23 Å². The van der Waals surface area contributed by atoms with E-state index in [1.807, 2.05) is 6.07 Å². The van der Waals surface area contributed by atoms with E-state index < -0.39 is 0 Å². The predicted molar refractivity (Wildman–Crippen MR) is 59.2 cm³/mol. The van der Waals surface area contributed by atoms with Gasteiger partial charge in [0.15, 0.2) is 0 Å². The van der Waals surface area contributed by atoms with Crippen LogP contribution < -0.4 is 0 Å². The maximum Gasteiger partial charge on any atom is 0.0420 e. The molecule has 1 saturated carbocycles. The summed E-state index contributed by atoms with van der Waals surface area (Å²) < 4.78 is 8.32. The molecule has 1 heteroatoms. The number of thioether (sulfide) groups is 1. The molecule has 0 radical (unpaired) electrons. The van der Waals surface area contributed by atoms with Crippen molar-refractivity contribution in [2.45, 2.75) is 42.2 Å². The lowest BCUT2D eigenvalue weighted by Gasteiger charge is -2.20. The maximum atomic E-state index is 8.32. The van der Waals surface area contributed by atoms with Crippen LogP contribution in [0.15, 0.2) is 35.2 Å². The van der Waals surface area contributed by atoms with Gasteiger partial charge >= 0.3 is 0 Å². The van der Waals surface area contributed by atoms with Crippen LogP contribution in [0, 0.1) is 0 Å². The molecule has 0 saturated heterocycles. The highest BCUT2D eigenvalue weighted by molar-refractivity contribution is 8.00. The highest BCUT2D eigenvalue weighted by Crippen LogP contribution is 2.33. The molecule has 0 spiro atoms. The summed E-state index contributed by atoms with van der Waals surface area (Å²) in [4.78, 5) is 1.24. The highest BCUT2D eigenvalue weighted by atomic mass is 32.2. The van der Waals surface area contributed by atoms with Gasteiger partial charge in [-0.15, -0.1) is 11.8 Å². The van der Waals surface area contributed by atoms with Crippen molar-refractivity contribution in [3.8, 4) is 0 Å². The maximum absolute atomic E-state index is 8.32. The van der Waals surface area contributed by atoms with Gasteiger partial charge in [0.1, 0.15) is 0 Å². The lowest BCUT2D eigenvalue weighted by Crippen LogP contribution is -2.07. The van der Waals surface area contributed by atoms with Gasteiger partial charge in [0.2, 0.25) is 0 Å². The number of hydrogen-bond acceptors (Lipinski definition) is 1. The molecule has 1 aliphatic carbocycles. The summed E-state index contributed by atoms with van der Waals surface area (Å²) in [6, 6.07) is 10.3.